The Bertz CT molecular complexity index is 848. The van der Waals surface area contributed by atoms with Crippen molar-refractivity contribution in [3.63, 3.8) is 0 Å². The molecule has 0 aromatic heterocycles. The maximum Gasteiger partial charge on any atom is 0.270 e. The highest BCUT2D eigenvalue weighted by molar-refractivity contribution is 8.14. The molecular formula is C19H18N2O4S. The third-order valence-corrected chi connectivity index (χ3v) is 4.17. The summed E-state index contributed by atoms with van der Waals surface area (Å²) in [6.45, 7) is 3.58. The SMILES string of the molecule is CC(C)NC(=O)c1cc([N+](=O)[O-])ccc1SC(=O)/C=C/c1ccccc1. The van der Waals surface area contributed by atoms with Crippen molar-refractivity contribution in [2.45, 2.75) is 24.8 Å². The molecule has 134 valence electrons. The lowest BCUT2D eigenvalue weighted by molar-refractivity contribution is -0.384. The predicted molar refractivity (Wildman–Crippen MR) is 102 cm³/mol. The fraction of sp³-hybridized carbons (Fsp3) is 0.158. The predicted octanol–water partition coefficient (Wildman–Crippen LogP) is 4.07. The molecule has 2 rings (SSSR count). The van der Waals surface area contributed by atoms with E-state index in [1.165, 1.54) is 24.3 Å². The van der Waals surface area contributed by atoms with Gasteiger partial charge in [-0.15, -0.1) is 0 Å². The monoisotopic (exact) mass is 370 g/mol. The molecule has 0 saturated carbocycles. The highest BCUT2D eigenvalue weighted by Gasteiger charge is 2.19. The van der Waals surface area contributed by atoms with Crippen molar-refractivity contribution in [1.82, 2.24) is 5.32 Å². The molecule has 0 aliphatic heterocycles. The van der Waals surface area contributed by atoms with E-state index in [2.05, 4.69) is 5.32 Å². The minimum absolute atomic E-state index is 0.111. The van der Waals surface area contributed by atoms with Crippen molar-refractivity contribution in [3.8, 4) is 0 Å². The van der Waals surface area contributed by atoms with Gasteiger partial charge in [0.05, 0.1) is 10.5 Å². The summed E-state index contributed by atoms with van der Waals surface area (Å²) < 4.78 is 0. The summed E-state index contributed by atoms with van der Waals surface area (Å²) in [7, 11) is 0. The van der Waals surface area contributed by atoms with E-state index in [0.29, 0.717) is 4.90 Å². The van der Waals surface area contributed by atoms with E-state index in [1.807, 2.05) is 30.3 Å². The lowest BCUT2D eigenvalue weighted by Gasteiger charge is -2.11. The number of rotatable bonds is 6. The number of nitro groups is 1. The molecule has 0 radical (unpaired) electrons. The van der Waals surface area contributed by atoms with Crippen LogP contribution in [0.15, 0.2) is 59.5 Å². The molecule has 0 unspecified atom stereocenters. The van der Waals surface area contributed by atoms with Gasteiger partial charge in [0.2, 0.25) is 5.12 Å². The fourth-order valence-corrected chi connectivity index (χ4v) is 2.86. The summed E-state index contributed by atoms with van der Waals surface area (Å²) >= 11 is 0.856. The number of nitrogens with one attached hydrogen (secondary N) is 1. The zero-order chi connectivity index (χ0) is 19.1. The maximum absolute atomic E-state index is 12.3. The molecule has 0 aliphatic rings. The first-order valence-electron chi connectivity index (χ1n) is 7.91. The second-order valence-electron chi connectivity index (χ2n) is 5.73. The number of carbonyl (C=O) groups excluding carboxylic acids is 2. The third kappa shape index (κ3) is 5.56. The van der Waals surface area contributed by atoms with Gasteiger partial charge in [0.25, 0.3) is 11.6 Å². The Hall–Kier alpha value is -2.93. The standard InChI is InChI=1S/C19H18N2O4S/c1-13(2)20-19(23)16-12-15(21(24)25)9-10-17(16)26-18(22)11-8-14-6-4-3-5-7-14/h3-13H,1-2H3,(H,20,23)/b11-8+. The van der Waals surface area contributed by atoms with E-state index < -0.39 is 10.8 Å². The topological polar surface area (TPSA) is 89.3 Å². The normalized spacial score (nSPS) is 10.9. The second-order valence-corrected chi connectivity index (χ2v) is 6.78. The number of amides is 1. The van der Waals surface area contributed by atoms with Crippen LogP contribution in [-0.4, -0.2) is 22.0 Å². The van der Waals surface area contributed by atoms with Gasteiger partial charge in [0.1, 0.15) is 0 Å². The van der Waals surface area contributed by atoms with Crippen LogP contribution in [-0.2, 0) is 4.79 Å². The summed E-state index contributed by atoms with van der Waals surface area (Å²) in [6.07, 6.45) is 3.08. The van der Waals surface area contributed by atoms with Crippen molar-refractivity contribution in [1.29, 1.82) is 0 Å². The van der Waals surface area contributed by atoms with Crippen LogP contribution in [0.5, 0.6) is 0 Å². The van der Waals surface area contributed by atoms with Gasteiger partial charge in [0, 0.05) is 23.1 Å². The summed E-state index contributed by atoms with van der Waals surface area (Å²) in [4.78, 5) is 35.3. The Balaban J connectivity index is 2.24. The number of nitrogens with zero attached hydrogens (tertiary/aromatic N) is 1. The van der Waals surface area contributed by atoms with Crippen LogP contribution in [0.3, 0.4) is 0 Å². The van der Waals surface area contributed by atoms with Gasteiger partial charge in [-0.25, -0.2) is 0 Å². The minimum Gasteiger partial charge on any atom is -0.350 e. The number of carbonyl (C=O) groups is 2. The number of hydrogen-bond donors (Lipinski definition) is 1. The largest absolute Gasteiger partial charge is 0.350 e. The molecule has 6 nitrogen and oxygen atoms in total. The van der Waals surface area contributed by atoms with E-state index in [-0.39, 0.29) is 22.4 Å². The minimum atomic E-state index is -0.572. The van der Waals surface area contributed by atoms with Gasteiger partial charge >= 0.3 is 0 Å². The molecule has 0 bridgehead atoms. The number of benzene rings is 2. The zero-order valence-corrected chi connectivity index (χ0v) is 15.2. The molecule has 0 spiro atoms. The van der Waals surface area contributed by atoms with Crippen molar-refractivity contribution in [3.05, 3.63) is 75.8 Å². The van der Waals surface area contributed by atoms with E-state index in [9.17, 15) is 19.7 Å². The molecule has 0 saturated heterocycles. The van der Waals surface area contributed by atoms with Gasteiger partial charge in [-0.1, -0.05) is 36.4 Å². The van der Waals surface area contributed by atoms with Crippen LogP contribution in [0.4, 0.5) is 5.69 Å². The van der Waals surface area contributed by atoms with Crippen LogP contribution in [0.1, 0.15) is 29.8 Å². The summed E-state index contributed by atoms with van der Waals surface area (Å²) in [6, 6.07) is 13.1. The molecule has 0 aliphatic carbocycles. The molecule has 1 amide bonds. The summed E-state index contributed by atoms with van der Waals surface area (Å²) in [5, 5.41) is 13.4. The average Bonchev–Trinajstić information content (AvgIpc) is 2.60. The van der Waals surface area contributed by atoms with E-state index in [4.69, 9.17) is 0 Å². The van der Waals surface area contributed by atoms with Gasteiger partial charge in [-0.3, -0.25) is 19.7 Å². The van der Waals surface area contributed by atoms with Gasteiger partial charge in [-0.2, -0.15) is 0 Å². The van der Waals surface area contributed by atoms with E-state index in [1.54, 1.807) is 19.9 Å². The summed E-state index contributed by atoms with van der Waals surface area (Å²) in [5.74, 6) is -0.453. The van der Waals surface area contributed by atoms with E-state index >= 15 is 0 Å². The molecule has 0 atom stereocenters. The van der Waals surface area contributed by atoms with Gasteiger partial charge < -0.3 is 5.32 Å². The Labute approximate surface area is 155 Å². The highest BCUT2D eigenvalue weighted by atomic mass is 32.2. The average molecular weight is 370 g/mol. The first kappa shape index (κ1) is 19.4. The molecule has 2 aromatic carbocycles. The Morgan fingerprint density at radius 3 is 2.46 bits per heavy atom. The molecule has 26 heavy (non-hydrogen) atoms. The Kier molecular flexibility index (Phi) is 6.68. The first-order chi connectivity index (χ1) is 12.4. The lowest BCUT2D eigenvalue weighted by atomic mass is 10.2. The second kappa shape index (κ2) is 8.96. The molecule has 7 heteroatoms. The lowest BCUT2D eigenvalue weighted by Crippen LogP contribution is -2.30. The van der Waals surface area contributed by atoms with Crippen molar-refractivity contribution in [2.75, 3.05) is 0 Å². The molecular weight excluding hydrogens is 352 g/mol. The van der Waals surface area contributed by atoms with Crippen LogP contribution in [0.2, 0.25) is 0 Å². The molecule has 0 fully saturated rings. The first-order valence-corrected chi connectivity index (χ1v) is 8.72. The van der Waals surface area contributed by atoms with Crippen LogP contribution >= 0.6 is 11.8 Å². The highest BCUT2D eigenvalue weighted by Crippen LogP contribution is 2.28. The quantitative estimate of drug-likeness (QED) is 0.358. The molecule has 2 aromatic rings. The number of nitro benzene ring substituents is 1. The number of non-ortho nitro benzene ring substituents is 1. The third-order valence-electron chi connectivity index (χ3n) is 3.26. The Morgan fingerprint density at radius 2 is 1.85 bits per heavy atom. The van der Waals surface area contributed by atoms with Gasteiger partial charge in [0.15, 0.2) is 0 Å². The van der Waals surface area contributed by atoms with E-state index in [0.717, 1.165) is 17.3 Å². The summed E-state index contributed by atoms with van der Waals surface area (Å²) in [5.41, 5.74) is 0.790. The van der Waals surface area contributed by atoms with Crippen LogP contribution in [0.25, 0.3) is 6.08 Å². The van der Waals surface area contributed by atoms with Crippen LogP contribution in [0, 0.1) is 10.1 Å². The zero-order valence-electron chi connectivity index (χ0n) is 14.3. The van der Waals surface area contributed by atoms with Crippen molar-refractivity contribution < 1.29 is 14.5 Å². The maximum atomic E-state index is 12.3. The van der Waals surface area contributed by atoms with Crippen molar-refractivity contribution >= 4 is 34.5 Å². The smallest absolute Gasteiger partial charge is 0.270 e. The number of hydrogen-bond acceptors (Lipinski definition) is 5. The van der Waals surface area contributed by atoms with Crippen molar-refractivity contribution in [2.24, 2.45) is 0 Å². The Morgan fingerprint density at radius 1 is 1.15 bits per heavy atom. The number of thioether (sulfide) groups is 1. The van der Waals surface area contributed by atoms with Gasteiger partial charge in [-0.05, 0) is 43.3 Å². The van der Waals surface area contributed by atoms with Crippen LogP contribution < -0.4 is 5.32 Å². The molecule has 1 N–H and O–H groups in total. The fourth-order valence-electron chi connectivity index (χ4n) is 2.11. The molecule has 0 heterocycles.